The molecule has 6 aliphatic rings. The molecule has 6 rings (SSSR count). The normalized spacial score (nSPS) is 50.9. The Morgan fingerprint density at radius 2 is 0.789 bits per heavy atom. The Hall–Kier alpha value is -1.73. The average Bonchev–Trinajstić information content (AvgIpc) is 3.35. The third kappa shape index (κ3) is 12.4. The summed E-state index contributed by atoms with van der Waals surface area (Å²) in [6.45, 7) is -4.30. The minimum atomic E-state index is -2.21. The van der Waals surface area contributed by atoms with Crippen LogP contribution in [0.3, 0.4) is 0 Å². The Balaban J connectivity index is 1.25. The lowest BCUT2D eigenvalue weighted by Crippen LogP contribution is -2.70. The van der Waals surface area contributed by atoms with E-state index in [0.717, 1.165) is 6.92 Å². The summed E-state index contributed by atoms with van der Waals surface area (Å²) in [5.74, 6) is -0.835. The molecule has 0 aromatic heterocycles. The van der Waals surface area contributed by atoms with Crippen LogP contribution in [-0.2, 0) is 56.9 Å². The summed E-state index contributed by atoms with van der Waals surface area (Å²) in [7, 11) is 1.34. The van der Waals surface area contributed by atoms with Gasteiger partial charge in [0.2, 0.25) is 5.91 Å². The van der Waals surface area contributed by atoms with Crippen LogP contribution < -0.4 is 10.6 Å². The van der Waals surface area contributed by atoms with Gasteiger partial charge in [0, 0.05) is 6.92 Å². The van der Waals surface area contributed by atoms with Gasteiger partial charge in [0.1, 0.15) is 140 Å². The minimum absolute atomic E-state index is 0.808. The van der Waals surface area contributed by atoms with Crippen molar-refractivity contribution in [1.29, 1.82) is 0 Å². The number of hydrogen-bond acceptors (Lipinski definition) is 31. The van der Waals surface area contributed by atoms with Gasteiger partial charge in [-0.2, -0.15) is 0 Å². The van der Waals surface area contributed by atoms with Crippen LogP contribution in [0.25, 0.3) is 0 Å². The second-order valence-electron chi connectivity index (χ2n) is 17.9. The van der Waals surface area contributed by atoms with Crippen molar-refractivity contribution in [3.63, 3.8) is 0 Å². The highest BCUT2D eigenvalue weighted by atomic mass is 16.8. The Labute approximate surface area is 402 Å². The molecule has 32 heteroatoms. The van der Waals surface area contributed by atoms with Gasteiger partial charge in [-0.3, -0.25) is 4.79 Å². The zero-order valence-electron chi connectivity index (χ0n) is 38.0. The van der Waals surface area contributed by atoms with E-state index in [1.807, 2.05) is 0 Å². The predicted octanol–water partition coefficient (Wildman–Crippen LogP) is -13.7. The SMILES string of the molecule is CNC1C(OCC2OC(OC3C(CO)OC(O)C(O)C3O)C(O)C(OC3OC(CO)C(OC4OC(CO)C(O)C(O)C4O)C(O)C3NC(C)=O)C2O)OC(CO)C(OC2OC(CO)C(O)C(O)C2O)C1O. The molecule has 0 spiro atoms. The summed E-state index contributed by atoms with van der Waals surface area (Å²) in [5.41, 5.74) is 0. The fourth-order valence-electron chi connectivity index (χ4n) is 9.14. The maximum atomic E-state index is 12.6. The first-order chi connectivity index (χ1) is 33.7. The topological polar surface area (TPSA) is 507 Å². The lowest BCUT2D eigenvalue weighted by atomic mass is 9.94. The monoisotopic (exact) mass is 1040 g/mol. The van der Waals surface area contributed by atoms with Gasteiger partial charge in [0.25, 0.3) is 0 Å². The van der Waals surface area contributed by atoms with E-state index in [1.54, 1.807) is 0 Å². The maximum Gasteiger partial charge on any atom is 0.217 e. The number of hydrogen-bond donors (Lipinski definition) is 20. The van der Waals surface area contributed by atoms with Crippen molar-refractivity contribution in [3.8, 4) is 0 Å². The molecule has 0 bridgehead atoms. The van der Waals surface area contributed by atoms with E-state index < -0.39 is 230 Å². The van der Waals surface area contributed by atoms with Gasteiger partial charge in [-0.05, 0) is 7.05 Å². The van der Waals surface area contributed by atoms with E-state index in [2.05, 4.69) is 10.6 Å². The zero-order valence-corrected chi connectivity index (χ0v) is 38.0. The minimum Gasteiger partial charge on any atom is -0.394 e. The van der Waals surface area contributed by atoms with Crippen molar-refractivity contribution in [3.05, 3.63) is 0 Å². The summed E-state index contributed by atoms with van der Waals surface area (Å²) in [6.07, 6.45) is -51.2. The summed E-state index contributed by atoms with van der Waals surface area (Å²) >= 11 is 0. The number of likely N-dealkylation sites (N-methyl/N-ethyl adjacent to an activating group) is 1. The molecule has 6 saturated heterocycles. The van der Waals surface area contributed by atoms with Gasteiger partial charge in [-0.1, -0.05) is 0 Å². The van der Waals surface area contributed by atoms with E-state index in [0.29, 0.717) is 0 Å². The number of aliphatic hydroxyl groups excluding tert-OH is 18. The van der Waals surface area contributed by atoms with E-state index in [-0.39, 0.29) is 0 Å². The van der Waals surface area contributed by atoms with Gasteiger partial charge in [0.05, 0.1) is 45.7 Å². The molecule has 6 aliphatic heterocycles. The number of nitrogens with one attached hydrogen (secondary N) is 2. The number of rotatable bonds is 18. The molecule has 0 aliphatic carbocycles. The number of ether oxygens (including phenoxy) is 11. The molecule has 20 N–H and O–H groups in total. The van der Waals surface area contributed by atoms with Crippen LogP contribution in [0.5, 0.6) is 0 Å². The quantitative estimate of drug-likeness (QED) is 0.0606. The Kier molecular flexibility index (Phi) is 20.9. The average molecular weight is 1040 g/mol. The van der Waals surface area contributed by atoms with Crippen molar-refractivity contribution in [2.24, 2.45) is 0 Å². The lowest BCUT2D eigenvalue weighted by Gasteiger charge is -2.50. The molecule has 71 heavy (non-hydrogen) atoms. The Bertz CT molecular complexity index is 1650. The van der Waals surface area contributed by atoms with Crippen LogP contribution in [-0.4, -0.2) is 329 Å². The largest absolute Gasteiger partial charge is 0.394 e. The molecule has 30 unspecified atom stereocenters. The molecule has 32 nitrogen and oxygen atoms in total. The van der Waals surface area contributed by atoms with Gasteiger partial charge >= 0.3 is 0 Å². The van der Waals surface area contributed by atoms with Crippen LogP contribution in [0.15, 0.2) is 0 Å². The highest BCUT2D eigenvalue weighted by molar-refractivity contribution is 5.73. The van der Waals surface area contributed by atoms with Crippen molar-refractivity contribution in [2.45, 2.75) is 191 Å². The highest BCUT2D eigenvalue weighted by Gasteiger charge is 2.57. The molecule has 0 saturated carbocycles. The molecule has 30 atom stereocenters. The summed E-state index contributed by atoms with van der Waals surface area (Å²) in [4.78, 5) is 12.6. The zero-order chi connectivity index (χ0) is 52.3. The highest BCUT2D eigenvalue weighted by Crippen LogP contribution is 2.36. The van der Waals surface area contributed by atoms with Crippen molar-refractivity contribution in [2.75, 3.05) is 46.7 Å². The number of carbonyl (C=O) groups excluding carboxylic acids is 1. The first-order valence-corrected chi connectivity index (χ1v) is 22.7. The van der Waals surface area contributed by atoms with Crippen LogP contribution in [0.2, 0.25) is 0 Å². The standard InChI is InChI=1S/C39H68N2O30/c1-9(47)41-17-22(52)31(69-38-28(58)24(54)19(49)11(4-43)64-38)14(7-46)66-36(17)71-33-20(50)15(67-39(29(33)59)70-32-12(5-44)62-34(60)26(56)25(32)55)8-61-35-16(40-2)21(51)30(13(6-45)65-35)68-37-27(57)23(53)18(48)10(3-42)63-37/h10-40,42-46,48-60H,3-8H2,1-2H3,(H,41,47). The molecular formula is C39H68N2O30. The number of aliphatic hydroxyl groups is 18. The summed E-state index contributed by atoms with van der Waals surface area (Å²) < 4.78 is 62.9. The molecule has 6 fully saturated rings. The third-order valence-electron chi connectivity index (χ3n) is 13.2. The van der Waals surface area contributed by atoms with Crippen LogP contribution in [0.4, 0.5) is 0 Å². The van der Waals surface area contributed by atoms with Gasteiger partial charge in [0.15, 0.2) is 37.7 Å². The molecule has 414 valence electrons. The molecule has 0 radical (unpaired) electrons. The molecule has 0 aromatic rings. The van der Waals surface area contributed by atoms with E-state index in [4.69, 9.17) is 52.1 Å². The van der Waals surface area contributed by atoms with Crippen molar-refractivity contribution in [1.82, 2.24) is 10.6 Å². The summed E-state index contributed by atoms with van der Waals surface area (Å²) in [6, 6.07) is -3.07. The Morgan fingerprint density at radius 1 is 0.394 bits per heavy atom. The fraction of sp³-hybridized carbons (Fsp3) is 0.974. The second kappa shape index (κ2) is 25.4. The van der Waals surface area contributed by atoms with Crippen LogP contribution >= 0.6 is 0 Å². The van der Waals surface area contributed by atoms with Gasteiger partial charge in [-0.15, -0.1) is 0 Å². The molecule has 0 aromatic carbocycles. The summed E-state index contributed by atoms with van der Waals surface area (Å²) in [5, 5.41) is 196. The second-order valence-corrected chi connectivity index (χ2v) is 17.9. The number of carbonyl (C=O) groups is 1. The van der Waals surface area contributed by atoms with Gasteiger partial charge in [-0.25, -0.2) is 0 Å². The lowest BCUT2D eigenvalue weighted by molar-refractivity contribution is -0.384. The van der Waals surface area contributed by atoms with E-state index in [1.165, 1.54) is 7.05 Å². The smallest absolute Gasteiger partial charge is 0.217 e. The fourth-order valence-corrected chi connectivity index (χ4v) is 9.14. The first kappa shape index (κ1) is 58.5. The maximum absolute atomic E-state index is 12.6. The van der Waals surface area contributed by atoms with Crippen molar-refractivity contribution < 1.29 is 149 Å². The van der Waals surface area contributed by atoms with Crippen LogP contribution in [0.1, 0.15) is 6.92 Å². The first-order valence-electron chi connectivity index (χ1n) is 22.7. The molecular weight excluding hydrogens is 976 g/mol. The third-order valence-corrected chi connectivity index (χ3v) is 13.2. The number of amides is 1. The van der Waals surface area contributed by atoms with Crippen LogP contribution in [0, 0.1) is 0 Å². The van der Waals surface area contributed by atoms with E-state index in [9.17, 15) is 96.7 Å². The Morgan fingerprint density at radius 3 is 1.25 bits per heavy atom. The van der Waals surface area contributed by atoms with Crippen molar-refractivity contribution >= 4 is 5.91 Å². The van der Waals surface area contributed by atoms with Gasteiger partial charge < -0.3 is 155 Å². The molecule has 6 heterocycles. The molecule has 1 amide bonds. The predicted molar refractivity (Wildman–Crippen MR) is 218 cm³/mol. The van der Waals surface area contributed by atoms with E-state index >= 15 is 0 Å².